The van der Waals surface area contributed by atoms with Crippen LogP contribution in [-0.4, -0.2) is 4.98 Å². The van der Waals surface area contributed by atoms with Gasteiger partial charge in [-0.1, -0.05) is 24.3 Å². The largest absolute Gasteiger partial charge is 0.320 e. The number of benzene rings is 2. The fourth-order valence-corrected chi connectivity index (χ4v) is 2.52. The van der Waals surface area contributed by atoms with Crippen LogP contribution < -0.4 is 5.73 Å². The van der Waals surface area contributed by atoms with Crippen molar-refractivity contribution in [2.75, 3.05) is 0 Å². The highest BCUT2D eigenvalue weighted by molar-refractivity contribution is 5.83. The standard InChI is InChI=1S/C17H14F2N2/c1-10-7-8-13(18)15(16(10)19)17(20)12-4-2-6-14-11(12)5-3-9-21-14/h2-9,17H,20H2,1H3. The lowest BCUT2D eigenvalue weighted by atomic mass is 9.94. The zero-order valence-corrected chi connectivity index (χ0v) is 11.5. The molecular weight excluding hydrogens is 270 g/mol. The molecule has 4 heteroatoms. The average Bonchev–Trinajstić information content (AvgIpc) is 2.50. The number of aryl methyl sites for hydroxylation is 1. The third-order valence-corrected chi connectivity index (χ3v) is 3.65. The molecule has 1 heterocycles. The van der Waals surface area contributed by atoms with Crippen LogP contribution in [0.3, 0.4) is 0 Å². The van der Waals surface area contributed by atoms with Crippen LogP contribution in [0, 0.1) is 18.6 Å². The Morgan fingerprint density at radius 1 is 1.05 bits per heavy atom. The van der Waals surface area contributed by atoms with Gasteiger partial charge in [0.15, 0.2) is 0 Å². The Balaban J connectivity index is 2.22. The van der Waals surface area contributed by atoms with Crippen molar-refractivity contribution in [3.8, 4) is 0 Å². The highest BCUT2D eigenvalue weighted by atomic mass is 19.1. The Labute approximate surface area is 121 Å². The van der Waals surface area contributed by atoms with Crippen LogP contribution in [0.15, 0.2) is 48.7 Å². The van der Waals surface area contributed by atoms with Crippen molar-refractivity contribution in [3.05, 3.63) is 77.0 Å². The van der Waals surface area contributed by atoms with Gasteiger partial charge in [0.25, 0.3) is 0 Å². The van der Waals surface area contributed by atoms with E-state index in [1.54, 1.807) is 31.3 Å². The minimum Gasteiger partial charge on any atom is -0.320 e. The number of pyridine rings is 1. The van der Waals surface area contributed by atoms with Crippen LogP contribution >= 0.6 is 0 Å². The Morgan fingerprint density at radius 2 is 1.86 bits per heavy atom. The second-order valence-electron chi connectivity index (χ2n) is 4.99. The van der Waals surface area contributed by atoms with E-state index in [9.17, 15) is 8.78 Å². The first-order valence-corrected chi connectivity index (χ1v) is 6.63. The zero-order valence-electron chi connectivity index (χ0n) is 11.5. The van der Waals surface area contributed by atoms with E-state index in [1.807, 2.05) is 12.1 Å². The summed E-state index contributed by atoms with van der Waals surface area (Å²) < 4.78 is 28.3. The normalized spacial score (nSPS) is 12.6. The number of nitrogens with zero attached hydrogens (tertiary/aromatic N) is 1. The summed E-state index contributed by atoms with van der Waals surface area (Å²) in [4.78, 5) is 4.24. The molecule has 1 aromatic heterocycles. The summed E-state index contributed by atoms with van der Waals surface area (Å²) >= 11 is 0. The Hall–Kier alpha value is -2.33. The lowest BCUT2D eigenvalue weighted by Gasteiger charge is -2.17. The summed E-state index contributed by atoms with van der Waals surface area (Å²) in [6, 6.07) is 10.8. The molecule has 3 rings (SSSR count). The van der Waals surface area contributed by atoms with E-state index in [0.717, 1.165) is 10.9 Å². The predicted molar refractivity (Wildman–Crippen MR) is 78.9 cm³/mol. The molecule has 106 valence electrons. The van der Waals surface area contributed by atoms with Gasteiger partial charge in [-0.05, 0) is 36.2 Å². The topological polar surface area (TPSA) is 38.9 Å². The van der Waals surface area contributed by atoms with Crippen molar-refractivity contribution < 1.29 is 8.78 Å². The Kier molecular flexibility index (Phi) is 3.39. The fourth-order valence-electron chi connectivity index (χ4n) is 2.52. The zero-order chi connectivity index (χ0) is 15.0. The van der Waals surface area contributed by atoms with Crippen LogP contribution in [0.25, 0.3) is 10.9 Å². The molecule has 1 unspecified atom stereocenters. The molecule has 3 aromatic rings. The fraction of sp³-hybridized carbons (Fsp3) is 0.118. The van der Waals surface area contributed by atoms with Gasteiger partial charge in [0.1, 0.15) is 11.6 Å². The van der Waals surface area contributed by atoms with Gasteiger partial charge in [-0.2, -0.15) is 0 Å². The van der Waals surface area contributed by atoms with Crippen molar-refractivity contribution in [2.45, 2.75) is 13.0 Å². The summed E-state index contributed by atoms with van der Waals surface area (Å²) in [5, 5.41) is 0.799. The van der Waals surface area contributed by atoms with Crippen molar-refractivity contribution in [3.63, 3.8) is 0 Å². The van der Waals surface area contributed by atoms with Crippen molar-refractivity contribution in [1.82, 2.24) is 4.98 Å². The monoisotopic (exact) mass is 284 g/mol. The first-order chi connectivity index (χ1) is 10.1. The van der Waals surface area contributed by atoms with E-state index in [-0.39, 0.29) is 5.56 Å². The number of hydrogen-bond donors (Lipinski definition) is 1. The molecule has 0 saturated carbocycles. The first kappa shape index (κ1) is 13.6. The van der Waals surface area contributed by atoms with Gasteiger partial charge in [0, 0.05) is 17.1 Å². The van der Waals surface area contributed by atoms with E-state index in [2.05, 4.69) is 4.98 Å². The van der Waals surface area contributed by atoms with Crippen molar-refractivity contribution in [2.24, 2.45) is 5.73 Å². The number of fused-ring (bicyclic) bond motifs is 1. The summed E-state index contributed by atoms with van der Waals surface area (Å²) in [5.74, 6) is -1.23. The molecule has 0 spiro atoms. The molecule has 0 fully saturated rings. The highest BCUT2D eigenvalue weighted by Gasteiger charge is 2.21. The van der Waals surface area contributed by atoms with Gasteiger partial charge in [-0.25, -0.2) is 8.78 Å². The smallest absolute Gasteiger partial charge is 0.134 e. The molecule has 0 bridgehead atoms. The van der Waals surface area contributed by atoms with Gasteiger partial charge in [-0.3, -0.25) is 4.98 Å². The quantitative estimate of drug-likeness (QED) is 0.776. The van der Waals surface area contributed by atoms with Crippen LogP contribution in [0.5, 0.6) is 0 Å². The molecule has 0 amide bonds. The number of nitrogens with two attached hydrogens (primary N) is 1. The summed E-state index contributed by atoms with van der Waals surface area (Å²) in [7, 11) is 0. The second kappa shape index (κ2) is 5.22. The van der Waals surface area contributed by atoms with E-state index < -0.39 is 17.7 Å². The average molecular weight is 284 g/mol. The molecule has 0 saturated heterocycles. The van der Waals surface area contributed by atoms with E-state index in [0.29, 0.717) is 11.1 Å². The molecule has 2 aromatic carbocycles. The molecule has 0 aliphatic carbocycles. The van der Waals surface area contributed by atoms with Crippen LogP contribution in [0.2, 0.25) is 0 Å². The lowest BCUT2D eigenvalue weighted by molar-refractivity contribution is 0.538. The van der Waals surface area contributed by atoms with Crippen molar-refractivity contribution in [1.29, 1.82) is 0 Å². The first-order valence-electron chi connectivity index (χ1n) is 6.63. The van der Waals surface area contributed by atoms with Crippen LogP contribution in [0.1, 0.15) is 22.7 Å². The maximum Gasteiger partial charge on any atom is 0.134 e. The number of aromatic nitrogens is 1. The molecular formula is C17H14F2N2. The maximum atomic E-state index is 14.3. The third-order valence-electron chi connectivity index (χ3n) is 3.65. The van der Waals surface area contributed by atoms with E-state index in [1.165, 1.54) is 12.1 Å². The minimum absolute atomic E-state index is 0.105. The summed E-state index contributed by atoms with van der Waals surface area (Å²) in [6.07, 6.45) is 1.67. The predicted octanol–water partition coefficient (Wildman–Crippen LogP) is 3.87. The lowest BCUT2D eigenvalue weighted by Crippen LogP contribution is -2.16. The second-order valence-corrected chi connectivity index (χ2v) is 4.99. The SMILES string of the molecule is Cc1ccc(F)c(C(N)c2cccc3ncccc23)c1F. The molecule has 0 aliphatic heterocycles. The minimum atomic E-state index is -0.877. The Bertz CT molecular complexity index is 810. The molecule has 21 heavy (non-hydrogen) atoms. The molecule has 0 aliphatic rings. The Morgan fingerprint density at radius 3 is 2.67 bits per heavy atom. The molecule has 1 atom stereocenters. The van der Waals surface area contributed by atoms with E-state index in [4.69, 9.17) is 5.73 Å². The molecule has 0 radical (unpaired) electrons. The third kappa shape index (κ3) is 2.28. The van der Waals surface area contributed by atoms with Gasteiger partial charge in [0.05, 0.1) is 11.6 Å². The molecule has 2 nitrogen and oxygen atoms in total. The van der Waals surface area contributed by atoms with Gasteiger partial charge in [-0.15, -0.1) is 0 Å². The number of hydrogen-bond acceptors (Lipinski definition) is 2. The van der Waals surface area contributed by atoms with Gasteiger partial charge >= 0.3 is 0 Å². The van der Waals surface area contributed by atoms with Crippen LogP contribution in [-0.2, 0) is 0 Å². The van der Waals surface area contributed by atoms with Crippen molar-refractivity contribution >= 4 is 10.9 Å². The number of rotatable bonds is 2. The van der Waals surface area contributed by atoms with Gasteiger partial charge in [0.2, 0.25) is 0 Å². The summed E-state index contributed by atoms with van der Waals surface area (Å²) in [6.45, 7) is 1.59. The van der Waals surface area contributed by atoms with E-state index >= 15 is 0 Å². The van der Waals surface area contributed by atoms with Crippen LogP contribution in [0.4, 0.5) is 8.78 Å². The van der Waals surface area contributed by atoms with Gasteiger partial charge < -0.3 is 5.73 Å². The maximum absolute atomic E-state index is 14.3. The highest BCUT2D eigenvalue weighted by Crippen LogP contribution is 2.30. The molecule has 2 N–H and O–H groups in total. The summed E-state index contributed by atoms with van der Waals surface area (Å²) in [5.41, 5.74) is 7.82. The number of halogens is 2.